The minimum absolute atomic E-state index is 0.197. The van der Waals surface area contributed by atoms with Crippen LogP contribution in [0.2, 0.25) is 0 Å². The van der Waals surface area contributed by atoms with Crippen LogP contribution in [0.25, 0.3) is 0 Å². The second-order valence-corrected chi connectivity index (χ2v) is 3.75. The standard InChI is InChI=1S/C7H13FN4O2/c8-11-4-7(12(13)14)9-3-6(11)10-5-1-2-5/h5-7,9-10H,1-4H2. The first-order valence-electron chi connectivity index (χ1n) is 4.72. The zero-order chi connectivity index (χ0) is 10.1. The number of nitro groups is 1. The molecule has 14 heavy (non-hydrogen) atoms. The lowest BCUT2D eigenvalue weighted by Crippen LogP contribution is -2.61. The third kappa shape index (κ3) is 2.17. The van der Waals surface area contributed by atoms with E-state index in [4.69, 9.17) is 0 Å². The monoisotopic (exact) mass is 204 g/mol. The molecule has 80 valence electrons. The number of nitrogens with one attached hydrogen (secondary N) is 2. The van der Waals surface area contributed by atoms with Crippen LogP contribution in [0.4, 0.5) is 4.48 Å². The van der Waals surface area contributed by atoms with Gasteiger partial charge in [0.25, 0.3) is 6.17 Å². The Labute approximate surface area is 80.5 Å². The quantitative estimate of drug-likeness (QED) is 0.367. The van der Waals surface area contributed by atoms with Gasteiger partial charge in [-0.05, 0) is 12.8 Å². The molecule has 2 atom stereocenters. The van der Waals surface area contributed by atoms with E-state index in [2.05, 4.69) is 10.6 Å². The lowest BCUT2D eigenvalue weighted by molar-refractivity contribution is -0.536. The van der Waals surface area contributed by atoms with Crippen molar-refractivity contribution in [1.29, 1.82) is 0 Å². The van der Waals surface area contributed by atoms with Crippen LogP contribution in [-0.2, 0) is 0 Å². The molecule has 7 heteroatoms. The smallest absolute Gasteiger partial charge is 0.281 e. The number of rotatable bonds is 3. The minimum atomic E-state index is -0.989. The van der Waals surface area contributed by atoms with Gasteiger partial charge >= 0.3 is 0 Å². The zero-order valence-electron chi connectivity index (χ0n) is 7.65. The van der Waals surface area contributed by atoms with Gasteiger partial charge in [0.2, 0.25) is 0 Å². The number of nitrogens with zero attached hydrogens (tertiary/aromatic N) is 2. The molecule has 0 bridgehead atoms. The number of piperazine rings is 1. The fourth-order valence-electron chi connectivity index (χ4n) is 1.51. The van der Waals surface area contributed by atoms with Gasteiger partial charge in [-0.2, -0.15) is 0 Å². The Morgan fingerprint density at radius 3 is 2.79 bits per heavy atom. The Balaban J connectivity index is 1.82. The molecular formula is C7H13FN4O2. The summed E-state index contributed by atoms with van der Waals surface area (Å²) in [5.74, 6) is 0. The average molecular weight is 204 g/mol. The van der Waals surface area contributed by atoms with Crippen molar-refractivity contribution in [2.24, 2.45) is 0 Å². The molecule has 2 fully saturated rings. The van der Waals surface area contributed by atoms with Crippen LogP contribution in [-0.4, -0.2) is 41.5 Å². The van der Waals surface area contributed by atoms with Crippen molar-refractivity contribution in [3.63, 3.8) is 0 Å². The number of hydrogen-bond acceptors (Lipinski definition) is 5. The van der Waals surface area contributed by atoms with Gasteiger partial charge in [-0.25, -0.2) is 0 Å². The predicted molar refractivity (Wildman–Crippen MR) is 46.5 cm³/mol. The summed E-state index contributed by atoms with van der Waals surface area (Å²) in [6.45, 7) is 0.0794. The first-order valence-corrected chi connectivity index (χ1v) is 4.72. The van der Waals surface area contributed by atoms with Gasteiger partial charge in [0.1, 0.15) is 12.7 Å². The summed E-state index contributed by atoms with van der Waals surface area (Å²) in [5, 5.41) is 16.6. The Bertz CT molecular complexity index is 236. The van der Waals surface area contributed by atoms with E-state index < -0.39 is 17.3 Å². The molecule has 2 N–H and O–H groups in total. The maximum Gasteiger partial charge on any atom is 0.281 e. The van der Waals surface area contributed by atoms with E-state index in [1.165, 1.54) is 0 Å². The first-order chi connectivity index (χ1) is 6.66. The van der Waals surface area contributed by atoms with Crippen molar-refractivity contribution < 1.29 is 9.40 Å². The van der Waals surface area contributed by atoms with Gasteiger partial charge in [0.15, 0.2) is 0 Å². The van der Waals surface area contributed by atoms with Gasteiger partial charge in [0.05, 0.1) is 0 Å². The van der Waals surface area contributed by atoms with Crippen molar-refractivity contribution in [1.82, 2.24) is 15.8 Å². The van der Waals surface area contributed by atoms with Crippen molar-refractivity contribution in [3.8, 4) is 0 Å². The molecule has 1 saturated carbocycles. The summed E-state index contributed by atoms with van der Waals surface area (Å²) in [4.78, 5) is 9.87. The van der Waals surface area contributed by atoms with Gasteiger partial charge in [-0.3, -0.25) is 20.7 Å². The van der Waals surface area contributed by atoms with Crippen LogP contribution in [0.1, 0.15) is 12.8 Å². The highest BCUT2D eigenvalue weighted by molar-refractivity contribution is 4.86. The van der Waals surface area contributed by atoms with Gasteiger partial charge in [0, 0.05) is 17.5 Å². The third-order valence-corrected chi connectivity index (χ3v) is 2.49. The van der Waals surface area contributed by atoms with Crippen LogP contribution in [0, 0.1) is 10.1 Å². The normalized spacial score (nSPS) is 34.4. The molecule has 1 aliphatic heterocycles. The van der Waals surface area contributed by atoms with Crippen LogP contribution >= 0.6 is 0 Å². The molecule has 0 spiro atoms. The largest absolute Gasteiger partial charge is 0.296 e. The lowest BCUT2D eigenvalue weighted by Gasteiger charge is -2.31. The summed E-state index contributed by atoms with van der Waals surface area (Å²) in [6, 6.07) is 0.396. The summed E-state index contributed by atoms with van der Waals surface area (Å²) < 4.78 is 13.3. The Morgan fingerprint density at radius 1 is 1.57 bits per heavy atom. The highest BCUT2D eigenvalue weighted by atomic mass is 19.2. The first kappa shape index (κ1) is 9.75. The molecule has 0 radical (unpaired) electrons. The summed E-state index contributed by atoms with van der Waals surface area (Å²) >= 11 is 0. The van der Waals surface area contributed by atoms with E-state index in [0.29, 0.717) is 11.2 Å². The van der Waals surface area contributed by atoms with Crippen LogP contribution < -0.4 is 10.6 Å². The van der Waals surface area contributed by atoms with Crippen molar-refractivity contribution in [3.05, 3.63) is 10.1 Å². The molecule has 6 nitrogen and oxygen atoms in total. The topological polar surface area (TPSA) is 70.4 Å². The summed E-state index contributed by atoms with van der Waals surface area (Å²) in [6.07, 6.45) is 0.738. The Kier molecular flexibility index (Phi) is 2.62. The molecule has 1 aliphatic carbocycles. The average Bonchev–Trinajstić information content (AvgIpc) is 2.92. The fourth-order valence-corrected chi connectivity index (χ4v) is 1.51. The van der Waals surface area contributed by atoms with E-state index in [0.717, 1.165) is 12.8 Å². The lowest BCUT2D eigenvalue weighted by atomic mass is 10.3. The summed E-state index contributed by atoms with van der Waals surface area (Å²) in [5.41, 5.74) is 0. The Morgan fingerprint density at radius 2 is 2.29 bits per heavy atom. The second kappa shape index (κ2) is 3.76. The molecule has 0 amide bonds. The zero-order valence-corrected chi connectivity index (χ0v) is 7.65. The van der Waals surface area contributed by atoms with Gasteiger partial charge in [-0.1, -0.05) is 0 Å². The maximum atomic E-state index is 13.3. The van der Waals surface area contributed by atoms with E-state index in [1.54, 1.807) is 0 Å². The molecule has 0 aromatic heterocycles. The molecule has 0 aromatic carbocycles. The highest BCUT2D eigenvalue weighted by Gasteiger charge is 2.36. The fraction of sp³-hybridized carbons (Fsp3) is 1.00. The van der Waals surface area contributed by atoms with Crippen molar-refractivity contribution >= 4 is 0 Å². The molecular weight excluding hydrogens is 191 g/mol. The van der Waals surface area contributed by atoms with E-state index in [9.17, 15) is 14.6 Å². The van der Waals surface area contributed by atoms with Gasteiger partial charge < -0.3 is 0 Å². The third-order valence-electron chi connectivity index (χ3n) is 2.49. The predicted octanol–water partition coefficient (Wildman–Crippen LogP) is -0.543. The van der Waals surface area contributed by atoms with Crippen molar-refractivity contribution in [2.75, 3.05) is 13.1 Å². The minimum Gasteiger partial charge on any atom is -0.296 e. The molecule has 0 aromatic rings. The second-order valence-electron chi connectivity index (χ2n) is 3.75. The van der Waals surface area contributed by atoms with Crippen LogP contribution in [0.5, 0.6) is 0 Å². The molecule has 2 rings (SSSR count). The number of hydrogen-bond donors (Lipinski definition) is 2. The summed E-state index contributed by atoms with van der Waals surface area (Å²) in [7, 11) is 0. The van der Waals surface area contributed by atoms with E-state index in [-0.39, 0.29) is 13.1 Å². The van der Waals surface area contributed by atoms with Crippen molar-refractivity contribution in [2.45, 2.75) is 31.2 Å². The molecule has 1 heterocycles. The molecule has 2 aliphatic rings. The van der Waals surface area contributed by atoms with E-state index in [1.807, 2.05) is 0 Å². The Hall–Kier alpha value is -0.790. The van der Waals surface area contributed by atoms with Gasteiger partial charge in [-0.15, -0.1) is 9.60 Å². The highest BCUT2D eigenvalue weighted by Crippen LogP contribution is 2.20. The van der Waals surface area contributed by atoms with Crippen LogP contribution in [0.3, 0.4) is 0 Å². The maximum absolute atomic E-state index is 13.3. The van der Waals surface area contributed by atoms with E-state index >= 15 is 0 Å². The van der Waals surface area contributed by atoms with Crippen LogP contribution in [0.15, 0.2) is 0 Å². The molecule has 1 saturated heterocycles. The SMILES string of the molecule is O=[N+]([O-])C1CN(F)C(NC2CC2)CN1. The number of halogens is 1. The molecule has 2 unspecified atom stereocenters.